The molecule has 0 unspecified atom stereocenters. The second-order valence-electron chi connectivity index (χ2n) is 4.43. The van der Waals surface area contributed by atoms with Crippen LogP contribution in [0.3, 0.4) is 0 Å². The molecule has 1 saturated heterocycles. The van der Waals surface area contributed by atoms with Crippen molar-refractivity contribution in [1.29, 1.82) is 0 Å². The predicted molar refractivity (Wildman–Crippen MR) is 67.2 cm³/mol. The summed E-state index contributed by atoms with van der Waals surface area (Å²) in [4.78, 5) is 22.7. The zero-order valence-corrected chi connectivity index (χ0v) is 10.4. The number of benzene rings is 1. The number of carbonyl (C=O) groups is 2. The summed E-state index contributed by atoms with van der Waals surface area (Å²) in [7, 11) is 0. The molecule has 18 heavy (non-hydrogen) atoms. The van der Waals surface area contributed by atoms with Crippen LogP contribution in [0.4, 0.5) is 0 Å². The van der Waals surface area contributed by atoms with Crippen LogP contribution >= 0.6 is 0 Å². The molecule has 1 aromatic carbocycles. The van der Waals surface area contributed by atoms with Crippen molar-refractivity contribution in [1.82, 2.24) is 5.32 Å². The minimum atomic E-state index is -0.164. The Labute approximate surface area is 106 Å². The third kappa shape index (κ3) is 3.09. The molecule has 0 aromatic heterocycles. The number of amides is 2. The Balaban J connectivity index is 1.96. The number of piperidine rings is 1. The second-order valence-corrected chi connectivity index (χ2v) is 4.43. The van der Waals surface area contributed by atoms with Crippen LogP contribution < -0.4 is 10.1 Å². The van der Waals surface area contributed by atoms with Crippen molar-refractivity contribution in [2.24, 2.45) is 5.92 Å². The van der Waals surface area contributed by atoms with E-state index in [-0.39, 0.29) is 17.7 Å². The monoisotopic (exact) mass is 247 g/mol. The third-order valence-electron chi connectivity index (χ3n) is 3.07. The van der Waals surface area contributed by atoms with Gasteiger partial charge < -0.3 is 4.74 Å². The molecule has 1 aromatic rings. The van der Waals surface area contributed by atoms with Crippen LogP contribution in [0, 0.1) is 5.92 Å². The standard InChI is InChI=1S/C14H17NO3/c1-2-18-12-6-3-10(4-7-12)9-11-5-8-13(16)15-14(11)17/h3-4,6-7,11H,2,5,8-9H2,1H3,(H,15,16,17)/t11-/m0/s1. The Kier molecular flexibility index (Phi) is 3.97. The van der Waals surface area contributed by atoms with Gasteiger partial charge in [-0.25, -0.2) is 0 Å². The highest BCUT2D eigenvalue weighted by Gasteiger charge is 2.26. The summed E-state index contributed by atoms with van der Waals surface area (Å²) in [6.07, 6.45) is 1.75. The van der Waals surface area contributed by atoms with Crippen LogP contribution in [-0.4, -0.2) is 18.4 Å². The molecule has 96 valence electrons. The van der Waals surface area contributed by atoms with Crippen molar-refractivity contribution < 1.29 is 14.3 Å². The van der Waals surface area contributed by atoms with Crippen LogP contribution in [0.5, 0.6) is 5.75 Å². The summed E-state index contributed by atoms with van der Waals surface area (Å²) >= 11 is 0. The van der Waals surface area contributed by atoms with Crippen molar-refractivity contribution in [3.63, 3.8) is 0 Å². The summed E-state index contributed by atoms with van der Waals surface area (Å²) < 4.78 is 5.36. The first-order valence-electron chi connectivity index (χ1n) is 6.24. The molecule has 4 nitrogen and oxygen atoms in total. The van der Waals surface area contributed by atoms with E-state index in [1.807, 2.05) is 31.2 Å². The topological polar surface area (TPSA) is 55.4 Å². The van der Waals surface area contributed by atoms with Gasteiger partial charge in [-0.1, -0.05) is 12.1 Å². The van der Waals surface area contributed by atoms with Crippen LogP contribution in [0.25, 0.3) is 0 Å². The van der Waals surface area contributed by atoms with Crippen LogP contribution in [0.15, 0.2) is 24.3 Å². The van der Waals surface area contributed by atoms with Gasteiger partial charge in [0.2, 0.25) is 11.8 Å². The lowest BCUT2D eigenvalue weighted by molar-refractivity contribution is -0.136. The fourth-order valence-corrected chi connectivity index (χ4v) is 2.11. The molecular weight excluding hydrogens is 230 g/mol. The first-order valence-corrected chi connectivity index (χ1v) is 6.24. The van der Waals surface area contributed by atoms with Gasteiger partial charge in [0.05, 0.1) is 6.61 Å². The lowest BCUT2D eigenvalue weighted by Crippen LogP contribution is -2.41. The number of imide groups is 1. The SMILES string of the molecule is CCOc1ccc(C[C@@H]2CCC(=O)NC2=O)cc1. The highest BCUT2D eigenvalue weighted by Crippen LogP contribution is 2.20. The first-order chi connectivity index (χ1) is 8.69. The van der Waals surface area contributed by atoms with Gasteiger partial charge in [0.15, 0.2) is 0 Å². The first kappa shape index (κ1) is 12.6. The van der Waals surface area contributed by atoms with E-state index >= 15 is 0 Å². The van der Waals surface area contributed by atoms with E-state index in [4.69, 9.17) is 4.74 Å². The molecule has 0 bridgehead atoms. The van der Waals surface area contributed by atoms with E-state index in [1.54, 1.807) is 0 Å². The second kappa shape index (κ2) is 5.67. The highest BCUT2D eigenvalue weighted by molar-refractivity contribution is 5.98. The largest absolute Gasteiger partial charge is 0.494 e. The van der Waals surface area contributed by atoms with Crippen molar-refractivity contribution in [2.75, 3.05) is 6.61 Å². The maximum atomic E-state index is 11.6. The Morgan fingerprint density at radius 3 is 2.61 bits per heavy atom. The van der Waals surface area contributed by atoms with Crippen molar-refractivity contribution >= 4 is 11.8 Å². The normalized spacial score (nSPS) is 19.5. The van der Waals surface area contributed by atoms with Gasteiger partial charge in [-0.15, -0.1) is 0 Å². The zero-order chi connectivity index (χ0) is 13.0. The minimum Gasteiger partial charge on any atom is -0.494 e. The molecule has 0 aliphatic carbocycles. The molecule has 1 N–H and O–H groups in total. The molecule has 0 saturated carbocycles. The average molecular weight is 247 g/mol. The van der Waals surface area contributed by atoms with E-state index in [9.17, 15) is 9.59 Å². The quantitative estimate of drug-likeness (QED) is 0.824. The van der Waals surface area contributed by atoms with E-state index in [0.717, 1.165) is 11.3 Å². The molecule has 2 amide bonds. The number of hydrogen-bond donors (Lipinski definition) is 1. The fraction of sp³-hybridized carbons (Fsp3) is 0.429. The summed E-state index contributed by atoms with van der Waals surface area (Å²) in [5.41, 5.74) is 1.09. The number of hydrogen-bond acceptors (Lipinski definition) is 3. The zero-order valence-electron chi connectivity index (χ0n) is 10.4. The molecule has 1 aliphatic rings. The van der Waals surface area contributed by atoms with Gasteiger partial charge in [0, 0.05) is 12.3 Å². The third-order valence-corrected chi connectivity index (χ3v) is 3.07. The Hall–Kier alpha value is -1.84. The molecule has 1 heterocycles. The van der Waals surface area contributed by atoms with Gasteiger partial charge in [-0.05, 0) is 37.5 Å². The van der Waals surface area contributed by atoms with E-state index in [1.165, 1.54) is 0 Å². The summed E-state index contributed by atoms with van der Waals surface area (Å²) in [6, 6.07) is 7.75. The van der Waals surface area contributed by atoms with Crippen molar-refractivity contribution in [3.8, 4) is 5.75 Å². The predicted octanol–water partition coefficient (Wildman–Crippen LogP) is 1.68. The van der Waals surface area contributed by atoms with Crippen LogP contribution in [0.1, 0.15) is 25.3 Å². The number of nitrogens with one attached hydrogen (secondary N) is 1. The molecule has 4 heteroatoms. The lowest BCUT2D eigenvalue weighted by atomic mass is 9.91. The Bertz CT molecular complexity index is 439. The van der Waals surface area contributed by atoms with Crippen molar-refractivity contribution in [2.45, 2.75) is 26.2 Å². The molecule has 1 atom stereocenters. The average Bonchev–Trinajstić information content (AvgIpc) is 2.35. The van der Waals surface area contributed by atoms with Gasteiger partial charge in [0.25, 0.3) is 0 Å². The molecule has 1 aliphatic heterocycles. The molecule has 0 spiro atoms. The maximum Gasteiger partial charge on any atom is 0.230 e. The van der Waals surface area contributed by atoms with Crippen LogP contribution in [0.2, 0.25) is 0 Å². The lowest BCUT2D eigenvalue weighted by Gasteiger charge is -2.20. The van der Waals surface area contributed by atoms with Gasteiger partial charge in [0.1, 0.15) is 5.75 Å². The Morgan fingerprint density at radius 2 is 2.00 bits per heavy atom. The van der Waals surface area contributed by atoms with E-state index in [2.05, 4.69) is 5.32 Å². The summed E-state index contributed by atoms with van der Waals surface area (Å²) in [6.45, 7) is 2.59. The van der Waals surface area contributed by atoms with Gasteiger partial charge in [-0.3, -0.25) is 14.9 Å². The van der Waals surface area contributed by atoms with Gasteiger partial charge >= 0.3 is 0 Å². The fourth-order valence-electron chi connectivity index (χ4n) is 2.11. The van der Waals surface area contributed by atoms with Crippen LogP contribution in [-0.2, 0) is 16.0 Å². The summed E-state index contributed by atoms with van der Waals surface area (Å²) in [5.74, 6) is 0.424. The number of carbonyl (C=O) groups excluding carboxylic acids is 2. The van der Waals surface area contributed by atoms with Gasteiger partial charge in [-0.2, -0.15) is 0 Å². The molecule has 0 radical (unpaired) electrons. The van der Waals surface area contributed by atoms with Crippen molar-refractivity contribution in [3.05, 3.63) is 29.8 Å². The molecule has 2 rings (SSSR count). The Morgan fingerprint density at radius 1 is 1.28 bits per heavy atom. The number of ether oxygens (including phenoxy) is 1. The van der Waals surface area contributed by atoms with E-state index < -0.39 is 0 Å². The molecular formula is C14H17NO3. The van der Waals surface area contributed by atoms with E-state index in [0.29, 0.717) is 25.9 Å². The molecule has 1 fully saturated rings. The highest BCUT2D eigenvalue weighted by atomic mass is 16.5. The number of rotatable bonds is 4. The minimum absolute atomic E-state index is 0.0966. The smallest absolute Gasteiger partial charge is 0.230 e. The maximum absolute atomic E-state index is 11.6. The summed E-state index contributed by atoms with van der Waals surface area (Å²) in [5, 5.41) is 2.38.